The van der Waals surface area contributed by atoms with E-state index < -0.39 is 18.5 Å². The van der Waals surface area contributed by atoms with E-state index in [2.05, 4.69) is 5.16 Å². The number of hydrogen-bond donors (Lipinski definition) is 0. The number of likely N-dealkylation sites (tertiary alicyclic amines) is 1. The number of carbonyl (C=O) groups excluding carboxylic acids is 3. The van der Waals surface area contributed by atoms with Crippen LogP contribution >= 0.6 is 11.8 Å². The predicted molar refractivity (Wildman–Crippen MR) is 93.5 cm³/mol. The van der Waals surface area contributed by atoms with Gasteiger partial charge in [0, 0.05) is 29.7 Å². The zero-order valence-electron chi connectivity index (χ0n) is 14.3. The third-order valence-electron chi connectivity index (χ3n) is 3.86. The van der Waals surface area contributed by atoms with Crippen molar-refractivity contribution in [2.45, 2.75) is 30.4 Å². The number of benzene rings is 1. The molecule has 0 atom stereocenters. The molecule has 2 aromatic rings. The van der Waals surface area contributed by atoms with Gasteiger partial charge in [-0.25, -0.2) is 4.79 Å². The summed E-state index contributed by atoms with van der Waals surface area (Å²) in [6.07, 6.45) is 1.01. The molecule has 8 heteroatoms. The van der Waals surface area contributed by atoms with E-state index in [0.717, 1.165) is 21.2 Å². The lowest BCUT2D eigenvalue weighted by Gasteiger charge is -2.14. The fraction of sp³-hybridized carbons (Fsp3) is 0.333. The highest BCUT2D eigenvalue weighted by molar-refractivity contribution is 7.98. The lowest BCUT2D eigenvalue weighted by atomic mass is 10.2. The average molecular weight is 374 g/mol. The van der Waals surface area contributed by atoms with Gasteiger partial charge in [-0.05, 0) is 25.5 Å². The Balaban J connectivity index is 1.60. The fourth-order valence-corrected chi connectivity index (χ4v) is 3.51. The van der Waals surface area contributed by atoms with Crippen LogP contribution in [0.15, 0.2) is 39.8 Å². The quantitative estimate of drug-likeness (QED) is 0.567. The first-order valence-corrected chi connectivity index (χ1v) is 9.17. The van der Waals surface area contributed by atoms with Gasteiger partial charge in [0.15, 0.2) is 6.61 Å². The number of esters is 1. The van der Waals surface area contributed by atoms with E-state index in [-0.39, 0.29) is 5.91 Å². The van der Waals surface area contributed by atoms with Crippen LogP contribution in [-0.2, 0) is 20.1 Å². The molecular formula is C18H18N2O5S. The average Bonchev–Trinajstić information content (AvgIpc) is 3.26. The number of hydrogen-bond acceptors (Lipinski definition) is 7. The second-order valence-electron chi connectivity index (χ2n) is 5.83. The molecule has 0 radical (unpaired) electrons. The summed E-state index contributed by atoms with van der Waals surface area (Å²) in [6.45, 7) is 1.76. The van der Waals surface area contributed by atoms with Gasteiger partial charge in [0.1, 0.15) is 5.76 Å². The molecule has 0 N–H and O–H groups in total. The third kappa shape index (κ3) is 4.32. The molecule has 1 saturated heterocycles. The maximum atomic E-state index is 12.4. The molecule has 2 amide bonds. The Morgan fingerprint density at radius 3 is 2.85 bits per heavy atom. The van der Waals surface area contributed by atoms with Crippen molar-refractivity contribution in [3.8, 4) is 0 Å². The first-order valence-electron chi connectivity index (χ1n) is 8.19. The van der Waals surface area contributed by atoms with E-state index in [4.69, 9.17) is 9.26 Å². The van der Waals surface area contributed by atoms with E-state index in [1.165, 1.54) is 11.8 Å². The molecule has 2 heterocycles. The van der Waals surface area contributed by atoms with Crippen LogP contribution in [-0.4, -0.2) is 41.0 Å². The predicted octanol–water partition coefficient (Wildman–Crippen LogP) is 2.58. The van der Waals surface area contributed by atoms with Crippen molar-refractivity contribution in [1.29, 1.82) is 0 Å². The zero-order chi connectivity index (χ0) is 18.5. The normalized spacial score (nSPS) is 13.9. The summed E-state index contributed by atoms with van der Waals surface area (Å²) in [4.78, 5) is 37.8. The molecule has 1 fully saturated rings. The van der Waals surface area contributed by atoms with Crippen LogP contribution in [0, 0.1) is 6.92 Å². The smallest absolute Gasteiger partial charge is 0.339 e. The van der Waals surface area contributed by atoms with Crippen LogP contribution in [0.5, 0.6) is 0 Å². The number of carbonyl (C=O) groups is 3. The van der Waals surface area contributed by atoms with Gasteiger partial charge in [0.2, 0.25) is 5.91 Å². The number of aryl methyl sites for hydroxylation is 1. The third-order valence-corrected chi connectivity index (χ3v) is 4.97. The second kappa shape index (κ2) is 8.18. The van der Waals surface area contributed by atoms with Gasteiger partial charge in [-0.3, -0.25) is 14.5 Å². The number of rotatable bonds is 6. The van der Waals surface area contributed by atoms with Crippen LogP contribution in [0.2, 0.25) is 0 Å². The monoisotopic (exact) mass is 374 g/mol. The number of imide groups is 1. The maximum absolute atomic E-state index is 12.4. The summed E-state index contributed by atoms with van der Waals surface area (Å²) in [5, 5.41) is 3.92. The largest absolute Gasteiger partial charge is 0.452 e. The number of aromatic nitrogens is 1. The molecule has 0 unspecified atom stereocenters. The van der Waals surface area contributed by atoms with Crippen LogP contribution in [0.25, 0.3) is 0 Å². The van der Waals surface area contributed by atoms with Gasteiger partial charge >= 0.3 is 5.97 Å². The molecule has 0 bridgehead atoms. The molecule has 1 aliphatic heterocycles. The summed E-state index contributed by atoms with van der Waals surface area (Å²) in [6, 6.07) is 8.83. The number of thioether (sulfide) groups is 1. The molecule has 1 aliphatic rings. The highest BCUT2D eigenvalue weighted by atomic mass is 32.2. The number of nitrogens with zero attached hydrogens (tertiary/aromatic N) is 2. The molecule has 136 valence electrons. The lowest BCUT2D eigenvalue weighted by molar-refractivity contribution is -0.143. The maximum Gasteiger partial charge on any atom is 0.339 e. The van der Waals surface area contributed by atoms with Crippen molar-refractivity contribution in [3.63, 3.8) is 0 Å². The standard InChI is InChI=1S/C18H18N2O5S/c1-12-9-13(19-25-12)11-26-15-6-3-2-5-14(15)18(23)24-10-17(22)20-8-4-7-16(20)21/h2-3,5-6,9H,4,7-8,10-11H2,1H3. The van der Waals surface area contributed by atoms with Crippen molar-refractivity contribution in [3.05, 3.63) is 47.3 Å². The lowest BCUT2D eigenvalue weighted by Crippen LogP contribution is -2.35. The zero-order valence-corrected chi connectivity index (χ0v) is 15.1. The Hall–Kier alpha value is -2.61. The van der Waals surface area contributed by atoms with Gasteiger partial charge in [-0.1, -0.05) is 17.3 Å². The second-order valence-corrected chi connectivity index (χ2v) is 6.85. The van der Waals surface area contributed by atoms with E-state index >= 15 is 0 Å². The summed E-state index contributed by atoms with van der Waals surface area (Å²) in [5.41, 5.74) is 1.15. The molecule has 0 spiro atoms. The Morgan fingerprint density at radius 1 is 1.35 bits per heavy atom. The summed E-state index contributed by atoms with van der Waals surface area (Å²) < 4.78 is 10.1. The minimum atomic E-state index is -0.593. The van der Waals surface area contributed by atoms with Crippen molar-refractivity contribution in [2.24, 2.45) is 0 Å². The molecule has 3 rings (SSSR count). The fourth-order valence-electron chi connectivity index (χ4n) is 2.59. The first-order chi connectivity index (χ1) is 12.5. The van der Waals surface area contributed by atoms with Crippen molar-refractivity contribution in [2.75, 3.05) is 13.2 Å². The Morgan fingerprint density at radius 2 is 2.15 bits per heavy atom. The van der Waals surface area contributed by atoms with Crippen LogP contribution < -0.4 is 0 Å². The molecule has 1 aromatic carbocycles. The summed E-state index contributed by atoms with van der Waals surface area (Å²) in [5.74, 6) is -0.0234. The molecular weight excluding hydrogens is 356 g/mol. The molecule has 0 aliphatic carbocycles. The van der Waals surface area contributed by atoms with Gasteiger partial charge in [-0.15, -0.1) is 11.8 Å². The highest BCUT2D eigenvalue weighted by Crippen LogP contribution is 2.26. The molecule has 26 heavy (non-hydrogen) atoms. The Labute approximate surface area is 154 Å². The van der Waals surface area contributed by atoms with Crippen LogP contribution in [0.4, 0.5) is 0 Å². The summed E-state index contributed by atoms with van der Waals surface area (Å²) >= 11 is 1.43. The highest BCUT2D eigenvalue weighted by Gasteiger charge is 2.27. The van der Waals surface area contributed by atoms with E-state index in [9.17, 15) is 14.4 Å². The van der Waals surface area contributed by atoms with Crippen molar-refractivity contribution < 1.29 is 23.6 Å². The van der Waals surface area contributed by atoms with Gasteiger partial charge in [-0.2, -0.15) is 0 Å². The first kappa shape index (κ1) is 18.2. The van der Waals surface area contributed by atoms with Crippen LogP contribution in [0.1, 0.15) is 34.7 Å². The van der Waals surface area contributed by atoms with E-state index in [1.54, 1.807) is 18.2 Å². The molecule has 0 saturated carbocycles. The van der Waals surface area contributed by atoms with E-state index in [1.807, 2.05) is 19.1 Å². The van der Waals surface area contributed by atoms with Crippen molar-refractivity contribution in [1.82, 2.24) is 10.1 Å². The Kier molecular flexibility index (Phi) is 5.72. The SMILES string of the molecule is Cc1cc(CSc2ccccc2C(=O)OCC(=O)N2CCCC2=O)no1. The molecule has 1 aromatic heterocycles. The number of ether oxygens (including phenoxy) is 1. The summed E-state index contributed by atoms with van der Waals surface area (Å²) in [7, 11) is 0. The molecule has 7 nitrogen and oxygen atoms in total. The number of amides is 2. The minimum absolute atomic E-state index is 0.218. The van der Waals surface area contributed by atoms with Crippen LogP contribution in [0.3, 0.4) is 0 Å². The topological polar surface area (TPSA) is 89.7 Å². The van der Waals surface area contributed by atoms with Crippen molar-refractivity contribution >= 4 is 29.5 Å². The van der Waals surface area contributed by atoms with Gasteiger partial charge in [0.25, 0.3) is 5.91 Å². The van der Waals surface area contributed by atoms with E-state index in [0.29, 0.717) is 30.7 Å². The Bertz CT molecular complexity index is 832. The minimum Gasteiger partial charge on any atom is -0.452 e. The van der Waals surface area contributed by atoms with Gasteiger partial charge in [0.05, 0.1) is 11.3 Å². The van der Waals surface area contributed by atoms with Gasteiger partial charge < -0.3 is 9.26 Å².